The van der Waals surface area contributed by atoms with Gasteiger partial charge in [-0.25, -0.2) is 0 Å². The monoisotopic (exact) mass is 400 g/mol. The van der Waals surface area contributed by atoms with Crippen LogP contribution >= 0.6 is 0 Å². The number of hydrogen-bond donors (Lipinski definition) is 3. The summed E-state index contributed by atoms with van der Waals surface area (Å²) < 4.78 is 10.6. The summed E-state index contributed by atoms with van der Waals surface area (Å²) in [5.74, 6) is 1.66. The molecule has 3 N–H and O–H groups in total. The number of nitrogens with zero attached hydrogens (tertiary/aromatic N) is 1. The Morgan fingerprint density at radius 3 is 2.48 bits per heavy atom. The van der Waals surface area contributed by atoms with E-state index < -0.39 is 0 Å². The molecule has 0 radical (unpaired) electrons. The van der Waals surface area contributed by atoms with E-state index in [1.165, 1.54) is 4.90 Å². The Kier molecular flexibility index (Phi) is 6.82. The standard InChI is InChI=1S/C22H29N3O4/c1-16(22(27)23-15-17-8-9-20(28-2)21(14-17)29-3)24-10-12-25(13-11-24)18-6-4-5-7-19(18)26/h4-9,14,16,26H,10-13,15H2,1-3H3,(H,23,27)/p+1/t16-/m1/s1. The van der Waals surface area contributed by atoms with Gasteiger partial charge in [-0.3, -0.25) is 4.79 Å². The number of benzene rings is 2. The summed E-state index contributed by atoms with van der Waals surface area (Å²) in [6.45, 7) is 5.72. The van der Waals surface area contributed by atoms with Crippen LogP contribution < -0.4 is 24.6 Å². The minimum atomic E-state index is -0.137. The first-order chi connectivity index (χ1) is 14.0. The van der Waals surface area contributed by atoms with Crippen molar-refractivity contribution in [2.75, 3.05) is 45.3 Å². The Bertz CT molecular complexity index is 835. The van der Waals surface area contributed by atoms with E-state index >= 15 is 0 Å². The fourth-order valence-electron chi connectivity index (χ4n) is 3.72. The molecule has 7 nitrogen and oxygen atoms in total. The van der Waals surface area contributed by atoms with Gasteiger partial charge in [0, 0.05) is 6.54 Å². The van der Waals surface area contributed by atoms with Crippen LogP contribution in [-0.4, -0.2) is 57.5 Å². The van der Waals surface area contributed by atoms with Gasteiger partial charge in [-0.05, 0) is 36.8 Å². The van der Waals surface area contributed by atoms with Crippen LogP contribution in [0.5, 0.6) is 17.2 Å². The molecule has 0 aromatic heterocycles. The lowest BCUT2D eigenvalue weighted by Crippen LogP contribution is -3.19. The number of aromatic hydroxyl groups is 1. The van der Waals surface area contributed by atoms with E-state index in [1.54, 1.807) is 20.3 Å². The average Bonchev–Trinajstić information content (AvgIpc) is 2.77. The minimum Gasteiger partial charge on any atom is -0.506 e. The van der Waals surface area contributed by atoms with Gasteiger partial charge in [-0.15, -0.1) is 0 Å². The molecular weight excluding hydrogens is 370 g/mol. The SMILES string of the molecule is COc1ccc(CNC(=O)[C@@H](C)[NH+]2CCN(c3ccccc3O)CC2)cc1OC. The Labute approximate surface area is 171 Å². The molecule has 0 spiro atoms. The number of amides is 1. The fraction of sp³-hybridized carbons (Fsp3) is 0.409. The van der Waals surface area contributed by atoms with Crippen molar-refractivity contribution in [1.82, 2.24) is 5.32 Å². The number of hydrogen-bond acceptors (Lipinski definition) is 5. The molecule has 0 bridgehead atoms. The van der Waals surface area contributed by atoms with E-state index in [4.69, 9.17) is 9.47 Å². The van der Waals surface area contributed by atoms with Crippen molar-refractivity contribution in [3.05, 3.63) is 48.0 Å². The number of anilines is 1. The summed E-state index contributed by atoms with van der Waals surface area (Å²) in [6.07, 6.45) is 0. The van der Waals surface area contributed by atoms with E-state index in [0.717, 1.165) is 37.4 Å². The first-order valence-electron chi connectivity index (χ1n) is 9.89. The molecule has 1 aliphatic rings. The number of phenols is 1. The third-order valence-electron chi connectivity index (χ3n) is 5.55. The molecule has 156 valence electrons. The van der Waals surface area contributed by atoms with Crippen LogP contribution in [0.15, 0.2) is 42.5 Å². The molecule has 3 rings (SSSR count). The molecule has 1 aliphatic heterocycles. The van der Waals surface area contributed by atoms with E-state index in [1.807, 2.05) is 43.3 Å². The number of para-hydroxylation sites is 2. The molecule has 29 heavy (non-hydrogen) atoms. The van der Waals surface area contributed by atoms with Gasteiger partial charge in [0.25, 0.3) is 5.91 Å². The van der Waals surface area contributed by atoms with Gasteiger partial charge >= 0.3 is 0 Å². The number of ether oxygens (including phenoxy) is 2. The van der Waals surface area contributed by atoms with Crippen LogP contribution in [-0.2, 0) is 11.3 Å². The molecular formula is C22H30N3O4+. The lowest BCUT2D eigenvalue weighted by molar-refractivity contribution is -0.914. The van der Waals surface area contributed by atoms with E-state index in [9.17, 15) is 9.90 Å². The molecule has 0 saturated carbocycles. The lowest BCUT2D eigenvalue weighted by Gasteiger charge is -2.36. The molecule has 2 aromatic carbocycles. The summed E-state index contributed by atoms with van der Waals surface area (Å²) in [5, 5.41) is 13.1. The fourth-order valence-corrected chi connectivity index (χ4v) is 3.72. The Morgan fingerprint density at radius 1 is 1.14 bits per heavy atom. The molecule has 2 aromatic rings. The second kappa shape index (κ2) is 9.52. The second-order valence-electron chi connectivity index (χ2n) is 7.26. The lowest BCUT2D eigenvalue weighted by atomic mass is 10.1. The molecule has 1 atom stereocenters. The van der Waals surface area contributed by atoms with Crippen molar-refractivity contribution < 1.29 is 24.3 Å². The second-order valence-corrected chi connectivity index (χ2v) is 7.26. The number of phenolic OH excluding ortho intramolecular Hbond substituents is 1. The predicted octanol–water partition coefficient (Wildman–Crippen LogP) is 0.819. The summed E-state index contributed by atoms with van der Waals surface area (Å²) in [5.41, 5.74) is 1.82. The van der Waals surface area contributed by atoms with Gasteiger partial charge in [0.15, 0.2) is 17.5 Å². The molecule has 0 unspecified atom stereocenters. The van der Waals surface area contributed by atoms with Crippen LogP contribution in [0.2, 0.25) is 0 Å². The summed E-state index contributed by atoms with van der Waals surface area (Å²) >= 11 is 0. The predicted molar refractivity (Wildman–Crippen MR) is 112 cm³/mol. The van der Waals surface area contributed by atoms with Crippen LogP contribution in [0.3, 0.4) is 0 Å². The zero-order chi connectivity index (χ0) is 20.8. The maximum atomic E-state index is 12.7. The molecule has 7 heteroatoms. The van der Waals surface area contributed by atoms with Crippen LogP contribution in [0.1, 0.15) is 12.5 Å². The quantitative estimate of drug-likeness (QED) is 0.642. The number of carbonyl (C=O) groups excluding carboxylic acids is 1. The number of carbonyl (C=O) groups is 1. The van der Waals surface area contributed by atoms with E-state index in [2.05, 4.69) is 10.2 Å². The highest BCUT2D eigenvalue weighted by Crippen LogP contribution is 2.27. The minimum absolute atomic E-state index is 0.0331. The Morgan fingerprint density at radius 2 is 1.83 bits per heavy atom. The van der Waals surface area contributed by atoms with Crippen LogP contribution in [0.4, 0.5) is 5.69 Å². The van der Waals surface area contributed by atoms with Crippen molar-refractivity contribution in [3.63, 3.8) is 0 Å². The van der Waals surface area contributed by atoms with Crippen LogP contribution in [0, 0.1) is 0 Å². The number of piperazine rings is 1. The van der Waals surface area contributed by atoms with E-state index in [-0.39, 0.29) is 11.9 Å². The summed E-state index contributed by atoms with van der Waals surface area (Å²) in [7, 11) is 3.20. The third-order valence-corrected chi connectivity index (χ3v) is 5.55. The first-order valence-corrected chi connectivity index (χ1v) is 9.89. The Hall–Kier alpha value is -2.93. The van der Waals surface area contributed by atoms with Gasteiger partial charge in [0.05, 0.1) is 46.1 Å². The van der Waals surface area contributed by atoms with Gasteiger partial charge in [0.2, 0.25) is 0 Å². The number of quaternary nitrogens is 1. The van der Waals surface area contributed by atoms with Crippen molar-refractivity contribution in [3.8, 4) is 17.2 Å². The first kappa shape index (κ1) is 20.8. The maximum Gasteiger partial charge on any atom is 0.278 e. The highest BCUT2D eigenvalue weighted by Gasteiger charge is 2.29. The molecule has 1 heterocycles. The summed E-state index contributed by atoms with van der Waals surface area (Å²) in [4.78, 5) is 16.1. The zero-order valence-corrected chi connectivity index (χ0v) is 17.3. The topological polar surface area (TPSA) is 75.5 Å². The van der Waals surface area contributed by atoms with Crippen molar-refractivity contribution >= 4 is 11.6 Å². The molecule has 1 amide bonds. The number of methoxy groups -OCH3 is 2. The maximum absolute atomic E-state index is 12.7. The van der Waals surface area contributed by atoms with Crippen molar-refractivity contribution in [2.45, 2.75) is 19.5 Å². The van der Waals surface area contributed by atoms with Crippen LogP contribution in [0.25, 0.3) is 0 Å². The van der Waals surface area contributed by atoms with E-state index in [0.29, 0.717) is 23.8 Å². The average molecular weight is 400 g/mol. The largest absolute Gasteiger partial charge is 0.506 e. The van der Waals surface area contributed by atoms with Gasteiger partial charge in [-0.2, -0.15) is 0 Å². The Balaban J connectivity index is 1.51. The summed E-state index contributed by atoms with van der Waals surface area (Å²) in [6, 6.07) is 12.9. The molecule has 0 aliphatic carbocycles. The molecule has 1 fully saturated rings. The number of nitrogens with one attached hydrogen (secondary N) is 2. The van der Waals surface area contributed by atoms with Gasteiger partial charge < -0.3 is 29.7 Å². The normalized spacial score (nSPS) is 15.6. The zero-order valence-electron chi connectivity index (χ0n) is 17.3. The van der Waals surface area contributed by atoms with Gasteiger partial charge in [-0.1, -0.05) is 18.2 Å². The highest BCUT2D eigenvalue weighted by atomic mass is 16.5. The van der Waals surface area contributed by atoms with Crippen molar-refractivity contribution in [1.29, 1.82) is 0 Å². The smallest absolute Gasteiger partial charge is 0.278 e. The number of rotatable bonds is 7. The third kappa shape index (κ3) is 4.92. The van der Waals surface area contributed by atoms with Gasteiger partial charge in [0.1, 0.15) is 5.75 Å². The highest BCUT2D eigenvalue weighted by molar-refractivity contribution is 5.80. The molecule has 1 saturated heterocycles. The van der Waals surface area contributed by atoms with Crippen molar-refractivity contribution in [2.24, 2.45) is 0 Å².